The molecule has 1 aliphatic rings. The summed E-state index contributed by atoms with van der Waals surface area (Å²) >= 11 is 0. The summed E-state index contributed by atoms with van der Waals surface area (Å²) in [6, 6.07) is 13.9. The van der Waals surface area contributed by atoms with Crippen LogP contribution in [-0.4, -0.2) is 0 Å². The molecular weight excluding hydrogens is 348 g/mol. The van der Waals surface area contributed by atoms with Gasteiger partial charge in [0.2, 0.25) is 0 Å². The number of hydrogen-bond donors (Lipinski definition) is 0. The van der Waals surface area contributed by atoms with E-state index >= 15 is 0 Å². The molecule has 0 saturated heterocycles. The molecule has 2 aromatic carbocycles. The van der Waals surface area contributed by atoms with Gasteiger partial charge in [0.25, 0.3) is 0 Å². The zero-order valence-corrected chi connectivity index (χ0v) is 19.8. The van der Waals surface area contributed by atoms with Crippen molar-refractivity contribution in [1.82, 2.24) is 0 Å². The molecule has 156 valence electrons. The Labute approximate surface area is 179 Å². The van der Waals surface area contributed by atoms with E-state index in [0.717, 1.165) is 0 Å². The van der Waals surface area contributed by atoms with Gasteiger partial charge in [0.1, 0.15) is 0 Å². The van der Waals surface area contributed by atoms with Crippen molar-refractivity contribution in [3.8, 4) is 0 Å². The third-order valence-corrected chi connectivity index (χ3v) is 6.66. The largest absolute Gasteiger partial charge is 0.0803 e. The molecule has 0 N–H and O–H groups in total. The summed E-state index contributed by atoms with van der Waals surface area (Å²) in [5, 5.41) is 0. The molecule has 0 aromatic heterocycles. The summed E-state index contributed by atoms with van der Waals surface area (Å²) in [4.78, 5) is 0. The summed E-state index contributed by atoms with van der Waals surface area (Å²) in [6.07, 6.45) is 6.23. The highest BCUT2D eigenvalue weighted by Gasteiger charge is 2.29. The van der Waals surface area contributed by atoms with Crippen molar-refractivity contribution in [3.05, 3.63) is 81.9 Å². The average molecular weight is 389 g/mol. The Morgan fingerprint density at radius 2 is 0.793 bits per heavy atom. The summed E-state index contributed by atoms with van der Waals surface area (Å²) in [7, 11) is 0. The SMILES string of the molecule is CC(C)c1cccc(C(C)C)c1C1C=CC(c2c(C(C)C)cccc2C(C)C)C1. The van der Waals surface area contributed by atoms with Crippen LogP contribution in [-0.2, 0) is 0 Å². The van der Waals surface area contributed by atoms with Crippen LogP contribution < -0.4 is 0 Å². The van der Waals surface area contributed by atoms with Gasteiger partial charge >= 0.3 is 0 Å². The second-order valence-corrected chi connectivity index (χ2v) is 10.2. The molecule has 2 aromatic rings. The average Bonchev–Trinajstić information content (AvgIpc) is 3.15. The molecule has 0 spiro atoms. The second kappa shape index (κ2) is 8.90. The lowest BCUT2D eigenvalue weighted by atomic mass is 9.78. The zero-order valence-electron chi connectivity index (χ0n) is 19.8. The maximum atomic E-state index is 2.51. The minimum absolute atomic E-state index is 0.524. The van der Waals surface area contributed by atoms with Gasteiger partial charge in [-0.2, -0.15) is 0 Å². The van der Waals surface area contributed by atoms with E-state index in [1.165, 1.54) is 28.7 Å². The maximum Gasteiger partial charge on any atom is 0.00326 e. The molecule has 3 rings (SSSR count). The van der Waals surface area contributed by atoms with Crippen molar-refractivity contribution in [1.29, 1.82) is 0 Å². The summed E-state index contributed by atoms with van der Waals surface area (Å²) in [6.45, 7) is 18.7. The molecule has 2 atom stereocenters. The first-order valence-corrected chi connectivity index (χ1v) is 11.7. The van der Waals surface area contributed by atoms with Crippen LogP contribution in [0.3, 0.4) is 0 Å². The normalized spacial score (nSPS) is 19.3. The lowest BCUT2D eigenvalue weighted by Crippen LogP contribution is -2.10. The first-order valence-electron chi connectivity index (χ1n) is 11.7. The van der Waals surface area contributed by atoms with E-state index in [1.54, 1.807) is 11.1 Å². The van der Waals surface area contributed by atoms with Gasteiger partial charge in [-0.1, -0.05) is 104 Å². The first-order chi connectivity index (χ1) is 13.7. The molecule has 0 heterocycles. The zero-order chi connectivity index (χ0) is 21.3. The van der Waals surface area contributed by atoms with Crippen molar-refractivity contribution in [2.24, 2.45) is 0 Å². The lowest BCUT2D eigenvalue weighted by molar-refractivity contribution is 0.668. The Hall–Kier alpha value is -1.82. The minimum atomic E-state index is 0.524. The second-order valence-electron chi connectivity index (χ2n) is 10.2. The Morgan fingerprint density at radius 1 is 0.517 bits per heavy atom. The van der Waals surface area contributed by atoms with Gasteiger partial charge < -0.3 is 0 Å². The van der Waals surface area contributed by atoms with Crippen molar-refractivity contribution in [2.75, 3.05) is 0 Å². The topological polar surface area (TPSA) is 0 Å². The van der Waals surface area contributed by atoms with Crippen LogP contribution >= 0.6 is 0 Å². The first kappa shape index (κ1) is 21.9. The fourth-order valence-corrected chi connectivity index (χ4v) is 5.20. The number of benzene rings is 2. The van der Waals surface area contributed by atoms with Crippen molar-refractivity contribution in [3.63, 3.8) is 0 Å². The molecule has 0 aliphatic heterocycles. The Balaban J connectivity index is 2.05. The molecule has 0 nitrogen and oxygen atoms in total. The van der Waals surface area contributed by atoms with E-state index in [9.17, 15) is 0 Å². The van der Waals surface area contributed by atoms with Gasteiger partial charge in [-0.15, -0.1) is 0 Å². The van der Waals surface area contributed by atoms with E-state index in [0.29, 0.717) is 35.5 Å². The van der Waals surface area contributed by atoms with Crippen molar-refractivity contribution in [2.45, 2.75) is 97.3 Å². The Bertz CT molecular complexity index is 740. The standard InChI is InChI=1S/C29H40/c1-18(2)24-11-9-12-25(19(3)4)28(24)22-15-16-23(17-22)29-26(20(5)6)13-10-14-27(29)21(7)8/h9-16,18-23H,17H2,1-8H3. The van der Waals surface area contributed by atoms with Gasteiger partial charge in [-0.05, 0) is 63.5 Å². The third-order valence-electron chi connectivity index (χ3n) is 6.66. The molecule has 0 fully saturated rings. The van der Waals surface area contributed by atoms with E-state index < -0.39 is 0 Å². The van der Waals surface area contributed by atoms with Crippen molar-refractivity contribution >= 4 is 0 Å². The predicted molar refractivity (Wildman–Crippen MR) is 128 cm³/mol. The molecule has 0 bridgehead atoms. The van der Waals surface area contributed by atoms with Gasteiger partial charge in [0, 0.05) is 11.8 Å². The lowest BCUT2D eigenvalue weighted by Gasteiger charge is -2.26. The highest BCUT2D eigenvalue weighted by Crippen LogP contribution is 2.46. The van der Waals surface area contributed by atoms with E-state index in [1.807, 2.05) is 0 Å². The van der Waals surface area contributed by atoms with Gasteiger partial charge in [-0.25, -0.2) is 0 Å². The van der Waals surface area contributed by atoms with Crippen LogP contribution in [0, 0.1) is 0 Å². The number of allylic oxidation sites excluding steroid dienone is 2. The molecule has 29 heavy (non-hydrogen) atoms. The van der Waals surface area contributed by atoms with Gasteiger partial charge in [-0.3, -0.25) is 0 Å². The summed E-state index contributed by atoms with van der Waals surface area (Å²) < 4.78 is 0. The van der Waals surface area contributed by atoms with Crippen molar-refractivity contribution < 1.29 is 0 Å². The summed E-state index contributed by atoms with van der Waals surface area (Å²) in [5.74, 6) is 3.29. The molecule has 0 saturated carbocycles. The fraction of sp³-hybridized carbons (Fsp3) is 0.517. The van der Waals surface area contributed by atoms with Crippen LogP contribution in [0.5, 0.6) is 0 Å². The monoisotopic (exact) mass is 388 g/mol. The highest BCUT2D eigenvalue weighted by atomic mass is 14.3. The van der Waals surface area contributed by atoms with Crippen LogP contribution in [0.4, 0.5) is 0 Å². The smallest absolute Gasteiger partial charge is 0.00326 e. The Kier molecular flexibility index (Phi) is 6.72. The molecular formula is C29H40. The summed E-state index contributed by atoms with van der Waals surface area (Å²) in [5.41, 5.74) is 9.34. The van der Waals surface area contributed by atoms with Gasteiger partial charge in [0.05, 0.1) is 0 Å². The van der Waals surface area contributed by atoms with Crippen LogP contribution in [0.1, 0.15) is 131 Å². The minimum Gasteiger partial charge on any atom is -0.0803 e. The van der Waals surface area contributed by atoms with Crippen LogP contribution in [0.2, 0.25) is 0 Å². The van der Waals surface area contributed by atoms with E-state index in [2.05, 4.69) is 104 Å². The molecule has 0 amide bonds. The number of rotatable bonds is 6. The number of hydrogen-bond acceptors (Lipinski definition) is 0. The Morgan fingerprint density at radius 3 is 1.03 bits per heavy atom. The van der Waals surface area contributed by atoms with Gasteiger partial charge in [0.15, 0.2) is 0 Å². The van der Waals surface area contributed by atoms with E-state index in [4.69, 9.17) is 0 Å². The fourth-order valence-electron chi connectivity index (χ4n) is 5.20. The quantitative estimate of drug-likeness (QED) is 0.433. The highest BCUT2D eigenvalue weighted by molar-refractivity contribution is 5.49. The van der Waals surface area contributed by atoms with E-state index in [-0.39, 0.29) is 0 Å². The maximum absolute atomic E-state index is 2.51. The third kappa shape index (κ3) is 4.37. The van der Waals surface area contributed by atoms with Crippen LogP contribution in [0.15, 0.2) is 48.6 Å². The molecule has 0 heteroatoms. The molecule has 0 radical (unpaired) electrons. The van der Waals surface area contributed by atoms with Crippen LogP contribution in [0.25, 0.3) is 0 Å². The molecule has 1 aliphatic carbocycles. The molecule has 2 unspecified atom stereocenters. The predicted octanol–water partition coefficient (Wildman–Crippen LogP) is 9.01.